The molecule has 4 aliphatic rings. The first-order valence-electron chi connectivity index (χ1n) is 33.8. The quantitative estimate of drug-likeness (QED) is 0.0141. The zero-order valence-electron chi connectivity index (χ0n) is 57.0. The maximum Gasteiger partial charge on any atom is 0.407 e. The number of nitrogens with zero attached hydrogens (tertiary/aromatic N) is 1. The Morgan fingerprint density at radius 1 is 0.792 bits per heavy atom. The van der Waals surface area contributed by atoms with E-state index in [-0.39, 0.29) is 142 Å². The number of hydrogen-bond donors (Lipinski definition) is 11. The summed E-state index contributed by atoms with van der Waals surface area (Å²) in [5, 5.41) is 70.7. The van der Waals surface area contributed by atoms with Gasteiger partial charge in [0.1, 0.15) is 30.0 Å². The lowest BCUT2D eigenvalue weighted by molar-refractivity contribution is -0.248. The minimum absolute atomic E-state index is 0.0159. The second kappa shape index (κ2) is 34.6. The monoisotopic (exact) mass is 1400 g/mol. The molecule has 27 nitrogen and oxygen atoms in total. The molecule has 0 aromatic heterocycles. The molecule has 540 valence electrons. The second-order valence-electron chi connectivity index (χ2n) is 26.0. The molecule has 2 aliphatic heterocycles. The Balaban J connectivity index is 0.713. The number of nitrogens with two attached hydrogens (primary N) is 1. The smallest absolute Gasteiger partial charge is 0.407 e. The van der Waals surface area contributed by atoms with Crippen molar-refractivity contribution < 1.29 is 97.1 Å². The van der Waals surface area contributed by atoms with Gasteiger partial charge in [-0.2, -0.15) is 0 Å². The van der Waals surface area contributed by atoms with E-state index in [2.05, 4.69) is 39.2 Å². The Bertz CT molecular complexity index is 3900. The highest BCUT2D eigenvalue weighted by Crippen LogP contribution is 2.53. The molecule has 0 radical (unpaired) electrons. The molecule has 7 amide bonds. The number of phenols is 2. The summed E-state index contributed by atoms with van der Waals surface area (Å²) in [6.07, 6.45) is -5.20. The number of primary amides is 1. The molecule has 0 spiro atoms. The molecule has 101 heavy (non-hydrogen) atoms. The normalized spacial score (nSPS) is 19.6. The van der Waals surface area contributed by atoms with Crippen LogP contribution in [0.4, 0.5) is 21.0 Å². The average Bonchev–Trinajstić information content (AvgIpc) is 0.711. The number of aliphatic hydroxyl groups is 3. The van der Waals surface area contributed by atoms with E-state index >= 15 is 0 Å². The van der Waals surface area contributed by atoms with Crippen LogP contribution in [0.1, 0.15) is 143 Å². The maximum absolute atomic E-state index is 14.2. The van der Waals surface area contributed by atoms with Crippen LogP contribution in [-0.4, -0.2) is 168 Å². The Hall–Kier alpha value is -9.61. The first-order valence-corrected chi connectivity index (χ1v) is 33.8. The molecule has 1 unspecified atom stereocenters. The lowest BCUT2D eigenvalue weighted by Gasteiger charge is -2.43. The average molecular weight is 1400 g/mol. The molecular weight excluding hydrogens is 1310 g/mol. The van der Waals surface area contributed by atoms with E-state index in [1.54, 1.807) is 43.0 Å². The number of anilines is 2. The van der Waals surface area contributed by atoms with Gasteiger partial charge >= 0.3 is 12.1 Å². The van der Waals surface area contributed by atoms with Gasteiger partial charge < -0.3 is 91.2 Å². The number of aromatic hydroxyl groups is 2. The summed E-state index contributed by atoms with van der Waals surface area (Å²) in [6.45, 7) is 9.19. The van der Waals surface area contributed by atoms with Crippen LogP contribution in [0.25, 0.3) is 0 Å². The van der Waals surface area contributed by atoms with Crippen molar-refractivity contribution in [2.45, 2.75) is 147 Å². The Labute approximate surface area is 584 Å². The number of ether oxygens (including phenoxy) is 6. The van der Waals surface area contributed by atoms with Crippen molar-refractivity contribution >= 4 is 64.5 Å². The van der Waals surface area contributed by atoms with E-state index in [4.69, 9.17) is 34.2 Å². The van der Waals surface area contributed by atoms with Crippen LogP contribution in [0.2, 0.25) is 0 Å². The van der Waals surface area contributed by atoms with Crippen molar-refractivity contribution in [2.24, 2.45) is 17.6 Å². The number of urea groups is 1. The number of para-hydroxylation sites is 1. The highest BCUT2D eigenvalue weighted by molar-refractivity contribution is 6.31. The van der Waals surface area contributed by atoms with E-state index in [1.807, 2.05) is 42.5 Å². The fourth-order valence-electron chi connectivity index (χ4n) is 13.2. The Morgan fingerprint density at radius 3 is 2.20 bits per heavy atom. The predicted molar refractivity (Wildman–Crippen MR) is 367 cm³/mol. The minimum atomic E-state index is -1.98. The van der Waals surface area contributed by atoms with Crippen molar-refractivity contribution in [3.63, 3.8) is 0 Å². The number of Topliss-reactive ketones (excluding diaryl/α,β-unsaturated/α-hetero) is 1. The number of benzene rings is 5. The van der Waals surface area contributed by atoms with Crippen molar-refractivity contribution in [1.82, 2.24) is 21.3 Å². The predicted octanol–water partition coefficient (Wildman–Crippen LogP) is 5.71. The van der Waals surface area contributed by atoms with Crippen molar-refractivity contribution in [3.05, 3.63) is 159 Å². The standard InChI is InChI=1S/C74H89N7O20/c1-41(2)65(80-58(85)27-30-97-32-33-98-31-29-76-57(84)25-26-59(86)81-38-48-14-7-6-12-45(48)21-22-46-13-8-9-17-53(46)81)54(83)34-47(15-11-28-77-72(75)93)71(92)78-49-23-19-44(20-24-49)40-99-73(94)79-52-35-60(100-43(4)66(52)87)101-56-37-74(95,42(3)39-82)36-51-62(56)70(91)64-63(68(51)89)67(88)50-16-10-18-55(96-5)61(50)69(64)90/h6-10,12-14,16-20,23-24,41,43,47,52,56,60,65-66,82,87,89,91,95H,3,11,15,21-22,25-40H2,1-2,4-5H3,(H,76,84)(H,78,92)(H,79,94)(H,80,85)(H3,75,77,93)/t43-,47?,52-,56-,60-,65-,66+,74-/m0/s1. The number of methoxy groups -OCH3 is 1. The Morgan fingerprint density at radius 2 is 1.49 bits per heavy atom. The largest absolute Gasteiger partial charge is 0.507 e. The summed E-state index contributed by atoms with van der Waals surface area (Å²) >= 11 is 0. The van der Waals surface area contributed by atoms with Crippen LogP contribution < -0.4 is 42.0 Å². The maximum atomic E-state index is 14.2. The molecule has 1 fully saturated rings. The number of rotatable bonds is 31. The van der Waals surface area contributed by atoms with Gasteiger partial charge in [-0.1, -0.05) is 87.2 Å². The number of fused-ring (bicyclic) bond motifs is 5. The highest BCUT2D eigenvalue weighted by atomic mass is 16.7. The van der Waals surface area contributed by atoms with Gasteiger partial charge in [-0.15, -0.1) is 0 Å². The Kier molecular flexibility index (Phi) is 25.9. The van der Waals surface area contributed by atoms with E-state index in [0.717, 1.165) is 29.7 Å². The van der Waals surface area contributed by atoms with E-state index in [1.165, 1.54) is 37.8 Å². The fourth-order valence-corrected chi connectivity index (χ4v) is 13.2. The number of nitrogens with one attached hydrogen (secondary N) is 5. The second-order valence-corrected chi connectivity index (χ2v) is 26.0. The summed E-state index contributed by atoms with van der Waals surface area (Å²) in [4.78, 5) is 122. The SMILES string of the molecule is C=C(CO)[C@]1(O)Cc2c(O)c3c(c(O)c2[C@@H](O[C@H]2C[C@H](NC(=O)OCc4ccc(NC(=O)C(CCCNC(N)=O)CC(=O)[C@@H](NC(=O)CCOCCOCCNC(=O)CCC(=O)N5Cc6ccccc6CCc6ccccc65)C(C)C)cc4)[C@H](O)[C@H](C)O2)C1)C(=O)c1c(OC)cccc1C3=O. The van der Waals surface area contributed by atoms with E-state index in [0.29, 0.717) is 17.8 Å². The molecule has 2 aliphatic carbocycles. The summed E-state index contributed by atoms with van der Waals surface area (Å²) in [7, 11) is 1.31. The number of carbonyl (C=O) groups is 9. The van der Waals surface area contributed by atoms with Gasteiger partial charge in [-0.3, -0.25) is 33.6 Å². The molecule has 5 aromatic carbocycles. The third kappa shape index (κ3) is 18.7. The van der Waals surface area contributed by atoms with Gasteiger partial charge in [0.05, 0.1) is 93.3 Å². The highest BCUT2D eigenvalue weighted by Gasteiger charge is 2.49. The van der Waals surface area contributed by atoms with Crippen molar-refractivity contribution in [2.75, 3.05) is 63.5 Å². The number of ketones is 3. The third-order valence-electron chi connectivity index (χ3n) is 18.7. The van der Waals surface area contributed by atoms with Crippen LogP contribution in [0.5, 0.6) is 17.2 Å². The van der Waals surface area contributed by atoms with Crippen LogP contribution in [0, 0.1) is 11.8 Å². The minimum Gasteiger partial charge on any atom is -0.507 e. The summed E-state index contributed by atoms with van der Waals surface area (Å²) in [5.74, 6) is -6.02. The molecule has 8 atom stereocenters. The third-order valence-corrected chi connectivity index (χ3v) is 18.7. The summed E-state index contributed by atoms with van der Waals surface area (Å²) < 4.78 is 34.5. The van der Waals surface area contributed by atoms with Crippen molar-refractivity contribution in [1.29, 1.82) is 0 Å². The van der Waals surface area contributed by atoms with Gasteiger partial charge in [0.2, 0.25) is 29.4 Å². The van der Waals surface area contributed by atoms with Gasteiger partial charge in [0, 0.05) is 92.0 Å². The van der Waals surface area contributed by atoms with Gasteiger partial charge in [-0.05, 0) is 90.6 Å². The number of aliphatic hydroxyl groups excluding tert-OH is 2. The number of aryl methyl sites for hydroxylation is 2. The lowest BCUT2D eigenvalue weighted by Crippen LogP contribution is -2.55. The molecule has 27 heteroatoms. The summed E-state index contributed by atoms with van der Waals surface area (Å²) in [5.41, 5.74) is 6.73. The zero-order valence-corrected chi connectivity index (χ0v) is 57.0. The van der Waals surface area contributed by atoms with Gasteiger partial charge in [-0.25, -0.2) is 9.59 Å². The first-order chi connectivity index (χ1) is 48.4. The molecule has 0 saturated carbocycles. The van der Waals surface area contributed by atoms with Crippen LogP contribution >= 0.6 is 0 Å². The number of alkyl carbamates (subject to hydrolysis) is 1. The number of amides is 7. The molecule has 0 bridgehead atoms. The topological polar surface area (TPSA) is 400 Å². The number of hydrogen-bond acceptors (Lipinski definition) is 20. The molecule has 1 saturated heterocycles. The molecule has 2 heterocycles. The first kappa shape index (κ1) is 75.6. The van der Waals surface area contributed by atoms with Gasteiger partial charge in [0.15, 0.2) is 17.9 Å². The number of phenolic OH excluding ortho intramolecular Hbond substituents is 2. The van der Waals surface area contributed by atoms with Crippen LogP contribution in [0.15, 0.2) is 103 Å². The van der Waals surface area contributed by atoms with Crippen LogP contribution in [-0.2, 0) is 80.1 Å². The zero-order chi connectivity index (χ0) is 72.7. The molecular formula is C74H89N7O20. The molecule has 5 aromatic rings. The number of carbonyl (C=O) groups excluding carboxylic acids is 9. The summed E-state index contributed by atoms with van der Waals surface area (Å²) in [6, 6.07) is 23.8. The molecule has 9 rings (SSSR count). The van der Waals surface area contributed by atoms with E-state index in [9.17, 15) is 68.7 Å². The van der Waals surface area contributed by atoms with Gasteiger partial charge in [0.25, 0.3) is 0 Å². The van der Waals surface area contributed by atoms with Crippen LogP contribution in [0.3, 0.4) is 0 Å². The van der Waals surface area contributed by atoms with Crippen molar-refractivity contribution in [3.8, 4) is 17.2 Å². The molecule has 12 N–H and O–H groups in total. The van der Waals surface area contributed by atoms with E-state index < -0.39 is 132 Å². The lowest BCUT2D eigenvalue weighted by atomic mass is 9.71. The fraction of sp³-hybridized carbons (Fsp3) is 0.446.